The van der Waals surface area contributed by atoms with Crippen LogP contribution in [0.15, 0.2) is 24.4 Å². The van der Waals surface area contributed by atoms with E-state index in [0.717, 1.165) is 23.9 Å². The Bertz CT molecular complexity index is 644. The topological polar surface area (TPSA) is 49.9 Å². The zero-order valence-corrected chi connectivity index (χ0v) is 11.0. The minimum absolute atomic E-state index is 0.0845. The normalized spacial score (nSPS) is 17.0. The number of H-pyrrole nitrogens is 1. The Morgan fingerprint density at radius 1 is 1.26 bits per heavy atom. The Balaban J connectivity index is 1.97. The number of Topliss-reactive ketones (excluding diaryl/α,β-unsaturated/α-hetero) is 2. The van der Waals surface area contributed by atoms with Gasteiger partial charge in [-0.1, -0.05) is 12.1 Å². The van der Waals surface area contributed by atoms with Gasteiger partial charge in [0.2, 0.25) is 0 Å². The molecular formula is C16H17NO2. The van der Waals surface area contributed by atoms with Gasteiger partial charge in [0.25, 0.3) is 0 Å². The number of nitrogens with one attached hydrogen (secondary N) is 1. The fourth-order valence-corrected chi connectivity index (χ4v) is 2.96. The molecule has 0 amide bonds. The number of carbonyl (C=O) groups excluding carboxylic acids is 2. The molecule has 0 atom stereocenters. The van der Waals surface area contributed by atoms with Crippen LogP contribution in [0.2, 0.25) is 0 Å². The molecule has 3 nitrogen and oxygen atoms in total. The molecule has 1 saturated carbocycles. The first-order chi connectivity index (χ1) is 9.15. The van der Waals surface area contributed by atoms with Crippen molar-refractivity contribution in [3.63, 3.8) is 0 Å². The standard InChI is InChI=1S/C16H17NO2/c1-10(18)12-4-7-14-15(9-17-16(14)8-12)11-2-5-13(19)6-3-11/h4,7-9,11,17H,2-3,5-6H2,1H3. The van der Waals surface area contributed by atoms with Gasteiger partial charge in [0, 0.05) is 35.5 Å². The van der Waals surface area contributed by atoms with Crippen molar-refractivity contribution < 1.29 is 9.59 Å². The average Bonchev–Trinajstić information content (AvgIpc) is 2.82. The zero-order chi connectivity index (χ0) is 13.4. The Morgan fingerprint density at radius 3 is 2.68 bits per heavy atom. The van der Waals surface area contributed by atoms with Crippen molar-refractivity contribution in [2.45, 2.75) is 38.5 Å². The number of aromatic nitrogens is 1. The average molecular weight is 255 g/mol. The van der Waals surface area contributed by atoms with Crippen molar-refractivity contribution in [2.75, 3.05) is 0 Å². The summed E-state index contributed by atoms with van der Waals surface area (Å²) in [7, 11) is 0. The van der Waals surface area contributed by atoms with Gasteiger partial charge in [0.15, 0.2) is 5.78 Å². The predicted molar refractivity (Wildman–Crippen MR) is 74.5 cm³/mol. The van der Waals surface area contributed by atoms with Gasteiger partial charge < -0.3 is 4.98 Å². The maximum Gasteiger partial charge on any atom is 0.159 e. The maximum atomic E-state index is 11.4. The monoisotopic (exact) mass is 255 g/mol. The lowest BCUT2D eigenvalue weighted by Gasteiger charge is -2.20. The molecule has 2 aromatic rings. The summed E-state index contributed by atoms with van der Waals surface area (Å²) < 4.78 is 0. The molecule has 1 fully saturated rings. The molecule has 1 aromatic heterocycles. The number of carbonyl (C=O) groups is 2. The molecule has 1 aromatic carbocycles. The lowest BCUT2D eigenvalue weighted by Crippen LogP contribution is -2.12. The molecule has 3 rings (SSSR count). The maximum absolute atomic E-state index is 11.4. The minimum atomic E-state index is 0.0845. The van der Waals surface area contributed by atoms with E-state index in [1.807, 2.05) is 24.4 Å². The van der Waals surface area contributed by atoms with Gasteiger partial charge in [-0.2, -0.15) is 0 Å². The minimum Gasteiger partial charge on any atom is -0.361 e. The Labute approximate surface area is 112 Å². The van der Waals surface area contributed by atoms with E-state index in [1.54, 1.807) is 6.92 Å². The van der Waals surface area contributed by atoms with E-state index in [4.69, 9.17) is 0 Å². The van der Waals surface area contributed by atoms with Gasteiger partial charge in [-0.3, -0.25) is 9.59 Å². The first-order valence-corrected chi connectivity index (χ1v) is 6.79. The van der Waals surface area contributed by atoms with Crippen LogP contribution < -0.4 is 0 Å². The van der Waals surface area contributed by atoms with E-state index in [1.165, 1.54) is 10.9 Å². The van der Waals surface area contributed by atoms with Crippen LogP contribution in [0.25, 0.3) is 10.9 Å². The van der Waals surface area contributed by atoms with Crippen LogP contribution in [-0.2, 0) is 4.79 Å². The third-order valence-corrected chi connectivity index (χ3v) is 4.10. The van der Waals surface area contributed by atoms with Gasteiger partial charge in [0.1, 0.15) is 5.78 Å². The summed E-state index contributed by atoms with van der Waals surface area (Å²) in [6.07, 6.45) is 5.32. The third kappa shape index (κ3) is 2.21. The van der Waals surface area contributed by atoms with Gasteiger partial charge in [0.05, 0.1) is 0 Å². The van der Waals surface area contributed by atoms with Gasteiger partial charge in [-0.15, -0.1) is 0 Å². The third-order valence-electron chi connectivity index (χ3n) is 4.10. The first-order valence-electron chi connectivity index (χ1n) is 6.79. The van der Waals surface area contributed by atoms with Crippen molar-refractivity contribution in [3.05, 3.63) is 35.5 Å². The number of hydrogen-bond acceptors (Lipinski definition) is 2. The summed E-state index contributed by atoms with van der Waals surface area (Å²) in [5, 5.41) is 1.18. The number of fused-ring (bicyclic) bond motifs is 1. The number of ketones is 2. The lowest BCUT2D eigenvalue weighted by molar-refractivity contribution is -0.120. The lowest BCUT2D eigenvalue weighted by atomic mass is 9.83. The van der Waals surface area contributed by atoms with Crippen molar-refractivity contribution in [2.24, 2.45) is 0 Å². The van der Waals surface area contributed by atoms with Crippen molar-refractivity contribution in [3.8, 4) is 0 Å². The van der Waals surface area contributed by atoms with Crippen LogP contribution in [0.4, 0.5) is 0 Å². The zero-order valence-electron chi connectivity index (χ0n) is 11.0. The Morgan fingerprint density at radius 2 is 2.00 bits per heavy atom. The van der Waals surface area contributed by atoms with E-state index in [-0.39, 0.29) is 5.78 Å². The Kier molecular flexibility index (Phi) is 2.97. The summed E-state index contributed by atoms with van der Waals surface area (Å²) in [5.74, 6) is 0.936. The van der Waals surface area contributed by atoms with Crippen LogP contribution in [0.3, 0.4) is 0 Å². The van der Waals surface area contributed by atoms with Crippen LogP contribution >= 0.6 is 0 Å². The molecule has 3 heteroatoms. The molecule has 0 bridgehead atoms. The van der Waals surface area contributed by atoms with Crippen LogP contribution in [0.1, 0.15) is 54.4 Å². The summed E-state index contributed by atoms with van der Waals surface area (Å²) in [4.78, 5) is 26.0. The van der Waals surface area contributed by atoms with E-state index in [0.29, 0.717) is 24.5 Å². The summed E-state index contributed by atoms with van der Waals surface area (Å²) in [6.45, 7) is 1.58. The van der Waals surface area contributed by atoms with Crippen LogP contribution in [0, 0.1) is 0 Å². The number of aromatic amines is 1. The second-order valence-corrected chi connectivity index (χ2v) is 5.37. The molecule has 1 aliphatic rings. The smallest absolute Gasteiger partial charge is 0.159 e. The molecule has 19 heavy (non-hydrogen) atoms. The molecule has 0 spiro atoms. The van der Waals surface area contributed by atoms with Crippen LogP contribution in [-0.4, -0.2) is 16.6 Å². The summed E-state index contributed by atoms with van der Waals surface area (Å²) in [5.41, 5.74) is 3.04. The van der Waals surface area contributed by atoms with E-state index < -0.39 is 0 Å². The largest absolute Gasteiger partial charge is 0.361 e. The highest BCUT2D eigenvalue weighted by Gasteiger charge is 2.22. The Hall–Kier alpha value is -1.90. The van der Waals surface area contributed by atoms with E-state index in [9.17, 15) is 9.59 Å². The van der Waals surface area contributed by atoms with E-state index in [2.05, 4.69) is 4.98 Å². The fraction of sp³-hybridized carbons (Fsp3) is 0.375. The van der Waals surface area contributed by atoms with Gasteiger partial charge >= 0.3 is 0 Å². The molecule has 0 unspecified atom stereocenters. The fourth-order valence-electron chi connectivity index (χ4n) is 2.96. The molecular weight excluding hydrogens is 238 g/mol. The first kappa shape index (κ1) is 12.2. The second-order valence-electron chi connectivity index (χ2n) is 5.37. The predicted octanol–water partition coefficient (Wildman–Crippen LogP) is 3.60. The van der Waals surface area contributed by atoms with Crippen molar-refractivity contribution in [1.29, 1.82) is 0 Å². The SMILES string of the molecule is CC(=O)c1ccc2c(C3CCC(=O)CC3)c[nH]c2c1. The molecule has 0 radical (unpaired) electrons. The number of benzene rings is 1. The number of hydrogen-bond donors (Lipinski definition) is 1. The van der Waals surface area contributed by atoms with Gasteiger partial charge in [-0.25, -0.2) is 0 Å². The van der Waals surface area contributed by atoms with Crippen LogP contribution in [0.5, 0.6) is 0 Å². The van der Waals surface area contributed by atoms with E-state index >= 15 is 0 Å². The summed E-state index contributed by atoms with van der Waals surface area (Å²) >= 11 is 0. The molecule has 1 N–H and O–H groups in total. The van der Waals surface area contributed by atoms with Gasteiger partial charge in [-0.05, 0) is 37.3 Å². The molecule has 1 aliphatic carbocycles. The second kappa shape index (κ2) is 4.65. The quantitative estimate of drug-likeness (QED) is 0.833. The highest BCUT2D eigenvalue weighted by molar-refractivity contribution is 5.98. The summed E-state index contributed by atoms with van der Waals surface area (Å²) in [6, 6.07) is 5.82. The molecule has 0 saturated heterocycles. The highest BCUT2D eigenvalue weighted by atomic mass is 16.1. The molecule has 98 valence electrons. The molecule has 0 aliphatic heterocycles. The highest BCUT2D eigenvalue weighted by Crippen LogP contribution is 2.35. The van der Waals surface area contributed by atoms with Crippen molar-refractivity contribution >= 4 is 22.5 Å². The van der Waals surface area contributed by atoms with Crippen molar-refractivity contribution in [1.82, 2.24) is 4.98 Å². The molecule has 1 heterocycles. The number of rotatable bonds is 2.